The molecule has 0 radical (unpaired) electrons. The van der Waals surface area contributed by atoms with Crippen molar-refractivity contribution in [2.45, 2.75) is 32.4 Å². The highest BCUT2D eigenvalue weighted by Gasteiger charge is 2.25. The summed E-state index contributed by atoms with van der Waals surface area (Å²) in [6.07, 6.45) is 3.29. The van der Waals surface area contributed by atoms with E-state index in [2.05, 4.69) is 15.2 Å². The number of ether oxygens (including phenoxy) is 2. The monoisotopic (exact) mass is 376 g/mol. The topological polar surface area (TPSA) is 84.0 Å². The highest BCUT2D eigenvalue weighted by atomic mass is 16.5. The maximum absolute atomic E-state index is 12.2. The smallest absolute Gasteiger partial charge is 0.224 e. The largest absolute Gasteiger partial charge is 0.489 e. The summed E-state index contributed by atoms with van der Waals surface area (Å²) in [5, 5.41) is 2.74. The molecule has 0 saturated carbocycles. The Morgan fingerprint density at radius 1 is 1.33 bits per heavy atom. The number of likely N-dealkylation sites (tertiary alicyclic amines) is 1. The zero-order valence-electron chi connectivity index (χ0n) is 15.9. The number of pyridine rings is 1. The molecular weight excluding hydrogens is 348 g/mol. The van der Waals surface area contributed by atoms with Crippen LogP contribution in [-0.2, 0) is 20.9 Å². The third-order valence-corrected chi connectivity index (χ3v) is 4.84. The van der Waals surface area contributed by atoms with Crippen LogP contribution in [0, 0.1) is 0 Å². The van der Waals surface area contributed by atoms with Gasteiger partial charge < -0.3 is 19.7 Å². The van der Waals surface area contributed by atoms with Crippen LogP contribution >= 0.6 is 0 Å². The summed E-state index contributed by atoms with van der Waals surface area (Å²) in [7, 11) is 0. The maximum atomic E-state index is 12.2. The van der Waals surface area contributed by atoms with Crippen LogP contribution in [0.5, 0.6) is 5.75 Å². The van der Waals surface area contributed by atoms with Gasteiger partial charge in [0.05, 0.1) is 25.5 Å². The molecule has 2 aliphatic heterocycles. The predicted octanol–water partition coefficient (Wildman–Crippen LogP) is 0.420. The first-order chi connectivity index (χ1) is 13.1. The van der Waals surface area contributed by atoms with Gasteiger partial charge >= 0.3 is 0 Å². The van der Waals surface area contributed by atoms with Gasteiger partial charge in [-0.05, 0) is 12.5 Å². The Morgan fingerprint density at radius 2 is 2.15 bits per heavy atom. The van der Waals surface area contributed by atoms with Crippen molar-refractivity contribution in [3.63, 3.8) is 0 Å². The Hall–Kier alpha value is -2.19. The van der Waals surface area contributed by atoms with Crippen molar-refractivity contribution in [2.75, 3.05) is 45.9 Å². The lowest BCUT2D eigenvalue weighted by atomic mass is 10.3. The van der Waals surface area contributed by atoms with Gasteiger partial charge in [0.25, 0.3) is 0 Å². The number of hydrogen-bond acceptors (Lipinski definition) is 6. The third-order valence-electron chi connectivity index (χ3n) is 4.84. The molecule has 1 aromatic heterocycles. The highest BCUT2D eigenvalue weighted by Crippen LogP contribution is 2.19. The van der Waals surface area contributed by atoms with Crippen LogP contribution in [0.25, 0.3) is 0 Å². The molecule has 8 nitrogen and oxygen atoms in total. The van der Waals surface area contributed by atoms with Crippen LogP contribution in [0.3, 0.4) is 0 Å². The highest BCUT2D eigenvalue weighted by molar-refractivity contribution is 5.76. The molecule has 1 unspecified atom stereocenters. The van der Waals surface area contributed by atoms with Crippen LogP contribution in [0.15, 0.2) is 18.3 Å². The van der Waals surface area contributed by atoms with E-state index in [1.807, 2.05) is 17.0 Å². The van der Waals surface area contributed by atoms with Crippen molar-refractivity contribution in [3.8, 4) is 5.75 Å². The van der Waals surface area contributed by atoms with E-state index < -0.39 is 0 Å². The van der Waals surface area contributed by atoms with Crippen molar-refractivity contribution in [3.05, 3.63) is 24.0 Å². The number of morpholine rings is 1. The van der Waals surface area contributed by atoms with E-state index in [4.69, 9.17) is 9.47 Å². The van der Waals surface area contributed by atoms with Gasteiger partial charge in [0.2, 0.25) is 11.8 Å². The summed E-state index contributed by atoms with van der Waals surface area (Å²) in [5.41, 5.74) is 0.772. The van der Waals surface area contributed by atoms with Gasteiger partial charge in [-0.1, -0.05) is 0 Å². The summed E-state index contributed by atoms with van der Waals surface area (Å²) in [5.74, 6) is 0.891. The fourth-order valence-corrected chi connectivity index (χ4v) is 3.35. The van der Waals surface area contributed by atoms with Crippen LogP contribution in [0.1, 0.15) is 25.5 Å². The number of nitrogens with one attached hydrogen (secondary N) is 1. The van der Waals surface area contributed by atoms with E-state index in [1.54, 1.807) is 6.20 Å². The molecule has 0 aliphatic carbocycles. The Labute approximate surface area is 159 Å². The number of carbonyl (C=O) groups is 2. The minimum atomic E-state index is -0.0822. The predicted molar refractivity (Wildman–Crippen MR) is 99.2 cm³/mol. The van der Waals surface area contributed by atoms with Gasteiger partial charge in [-0.25, -0.2) is 0 Å². The molecule has 2 fully saturated rings. The molecule has 2 saturated heterocycles. The molecule has 3 rings (SSSR count). The standard InChI is InChI=1S/C19H28N4O4/c1-15(24)21-13-16-12-17(2-5-20-16)27-18-3-6-22(14-18)7-4-19(25)23-8-10-26-11-9-23/h2,5,12,18H,3-4,6-11,13-14H2,1H3,(H,21,24). The van der Waals surface area contributed by atoms with Gasteiger partial charge in [0.1, 0.15) is 11.9 Å². The average Bonchev–Trinajstić information content (AvgIpc) is 3.13. The molecule has 148 valence electrons. The first-order valence-corrected chi connectivity index (χ1v) is 9.54. The first kappa shape index (κ1) is 19.6. The lowest BCUT2D eigenvalue weighted by molar-refractivity contribution is -0.135. The summed E-state index contributed by atoms with van der Waals surface area (Å²) in [4.78, 5) is 31.7. The third kappa shape index (κ3) is 6.18. The Bertz CT molecular complexity index is 648. The van der Waals surface area contributed by atoms with Crippen LogP contribution in [-0.4, -0.2) is 78.6 Å². The van der Waals surface area contributed by atoms with E-state index in [0.717, 1.165) is 37.5 Å². The molecular formula is C19H28N4O4. The molecule has 8 heteroatoms. The van der Waals surface area contributed by atoms with Gasteiger partial charge in [-0.15, -0.1) is 0 Å². The molecule has 2 aliphatic rings. The van der Waals surface area contributed by atoms with Gasteiger partial charge in [0, 0.05) is 58.3 Å². The summed E-state index contributed by atoms with van der Waals surface area (Å²) in [6.45, 7) is 7.08. The molecule has 27 heavy (non-hydrogen) atoms. The van der Waals surface area contributed by atoms with E-state index in [0.29, 0.717) is 39.3 Å². The minimum Gasteiger partial charge on any atom is -0.489 e. The van der Waals surface area contributed by atoms with Crippen molar-refractivity contribution in [1.82, 2.24) is 20.1 Å². The molecule has 0 spiro atoms. The molecule has 1 N–H and O–H groups in total. The fraction of sp³-hybridized carbons (Fsp3) is 0.632. The minimum absolute atomic E-state index is 0.0822. The number of carbonyl (C=O) groups excluding carboxylic acids is 2. The molecule has 1 atom stereocenters. The Morgan fingerprint density at radius 3 is 2.93 bits per heavy atom. The zero-order chi connectivity index (χ0) is 19.1. The van der Waals surface area contributed by atoms with Crippen LogP contribution in [0.2, 0.25) is 0 Å². The van der Waals surface area contributed by atoms with Crippen LogP contribution in [0.4, 0.5) is 0 Å². The molecule has 0 aromatic carbocycles. The lowest BCUT2D eigenvalue weighted by Crippen LogP contribution is -2.42. The van der Waals surface area contributed by atoms with Gasteiger partial charge in [-0.3, -0.25) is 19.5 Å². The van der Waals surface area contributed by atoms with Crippen molar-refractivity contribution < 1.29 is 19.1 Å². The van der Waals surface area contributed by atoms with Crippen molar-refractivity contribution >= 4 is 11.8 Å². The van der Waals surface area contributed by atoms with Crippen molar-refractivity contribution in [2.24, 2.45) is 0 Å². The second kappa shape index (κ2) is 9.66. The molecule has 0 bridgehead atoms. The van der Waals surface area contributed by atoms with Crippen molar-refractivity contribution in [1.29, 1.82) is 0 Å². The second-order valence-corrected chi connectivity index (χ2v) is 6.96. The lowest BCUT2D eigenvalue weighted by Gasteiger charge is -2.27. The molecule has 3 heterocycles. The number of aromatic nitrogens is 1. The average molecular weight is 376 g/mol. The Balaban J connectivity index is 1.41. The normalized spacial score (nSPS) is 20.5. The first-order valence-electron chi connectivity index (χ1n) is 9.54. The van der Waals surface area contributed by atoms with Gasteiger partial charge in [0.15, 0.2) is 0 Å². The molecule has 1 aromatic rings. The quantitative estimate of drug-likeness (QED) is 0.743. The summed E-state index contributed by atoms with van der Waals surface area (Å²) >= 11 is 0. The Kier molecular flexibility index (Phi) is 7.00. The van der Waals surface area contributed by atoms with Gasteiger partial charge in [-0.2, -0.15) is 0 Å². The van der Waals surface area contributed by atoms with E-state index in [-0.39, 0.29) is 17.9 Å². The SMILES string of the molecule is CC(=O)NCc1cc(OC2CCN(CCC(=O)N3CCOCC3)C2)ccn1. The van der Waals surface area contributed by atoms with Crippen LogP contribution < -0.4 is 10.1 Å². The number of amides is 2. The second-order valence-electron chi connectivity index (χ2n) is 6.96. The van der Waals surface area contributed by atoms with E-state index in [9.17, 15) is 9.59 Å². The summed E-state index contributed by atoms with van der Waals surface area (Å²) < 4.78 is 11.4. The fourth-order valence-electron chi connectivity index (χ4n) is 3.35. The molecule has 2 amide bonds. The number of rotatable bonds is 7. The zero-order valence-corrected chi connectivity index (χ0v) is 15.9. The summed E-state index contributed by atoms with van der Waals surface area (Å²) in [6, 6.07) is 3.70. The maximum Gasteiger partial charge on any atom is 0.224 e. The number of nitrogens with zero attached hydrogens (tertiary/aromatic N) is 3. The number of hydrogen-bond donors (Lipinski definition) is 1. The van der Waals surface area contributed by atoms with E-state index >= 15 is 0 Å². The van der Waals surface area contributed by atoms with E-state index in [1.165, 1.54) is 6.92 Å².